The van der Waals surface area contributed by atoms with E-state index in [1.54, 1.807) is 0 Å². The first-order valence-electron chi connectivity index (χ1n) is 5.15. The summed E-state index contributed by atoms with van der Waals surface area (Å²) in [5, 5.41) is 10.7. The van der Waals surface area contributed by atoms with Gasteiger partial charge in [0.15, 0.2) is 5.78 Å². The second-order valence-electron chi connectivity index (χ2n) is 3.52. The maximum absolute atomic E-state index is 11.3. The van der Waals surface area contributed by atoms with Crippen LogP contribution in [0.15, 0.2) is 24.3 Å². The molecule has 0 radical (unpaired) electrons. The van der Waals surface area contributed by atoms with Crippen molar-refractivity contribution in [3.63, 3.8) is 0 Å². The van der Waals surface area contributed by atoms with Crippen molar-refractivity contribution >= 4 is 35.1 Å². The fraction of sp³-hybridized carbons (Fsp3) is 0.167. The Kier molecular flexibility index (Phi) is 5.20. The zero-order chi connectivity index (χ0) is 14.4. The van der Waals surface area contributed by atoms with Gasteiger partial charge in [0.2, 0.25) is 0 Å². The van der Waals surface area contributed by atoms with Crippen LogP contribution in [-0.2, 0) is 14.3 Å². The minimum Gasteiger partial charge on any atom is -0.469 e. The number of nitro benzene ring substituents is 1. The summed E-state index contributed by atoms with van der Waals surface area (Å²) in [4.78, 5) is 32.2. The van der Waals surface area contributed by atoms with Gasteiger partial charge >= 0.3 is 5.97 Å². The van der Waals surface area contributed by atoms with Crippen LogP contribution in [0.1, 0.15) is 12.0 Å². The Labute approximate surface area is 113 Å². The molecule has 100 valence electrons. The van der Waals surface area contributed by atoms with Crippen LogP contribution in [0.5, 0.6) is 0 Å². The predicted octanol–water partition coefficient (Wildman–Crippen LogP) is 2.39. The minimum absolute atomic E-state index is 0.0167. The van der Waals surface area contributed by atoms with E-state index in [2.05, 4.69) is 4.74 Å². The van der Waals surface area contributed by atoms with Crippen molar-refractivity contribution in [2.24, 2.45) is 0 Å². The first kappa shape index (κ1) is 14.8. The number of ether oxygens (including phenoxy) is 1. The second kappa shape index (κ2) is 6.65. The highest BCUT2D eigenvalue weighted by Gasteiger charge is 2.12. The standard InChI is InChI=1S/C12H10ClNO5/c1-19-12(16)7-9(15)4-2-8-3-5-10(13)11(6-8)14(17)18/h2-6H,7H2,1H3. The van der Waals surface area contributed by atoms with E-state index in [-0.39, 0.29) is 17.1 Å². The largest absolute Gasteiger partial charge is 0.469 e. The summed E-state index contributed by atoms with van der Waals surface area (Å²) in [6, 6.07) is 4.13. The molecular formula is C12H10ClNO5. The molecule has 1 rings (SSSR count). The van der Waals surface area contributed by atoms with Crippen molar-refractivity contribution in [3.05, 3.63) is 45.0 Å². The first-order valence-corrected chi connectivity index (χ1v) is 5.53. The molecule has 0 aromatic heterocycles. The smallest absolute Gasteiger partial charge is 0.313 e. The molecule has 1 aromatic carbocycles. The molecule has 19 heavy (non-hydrogen) atoms. The number of nitrogens with zero attached hydrogens (tertiary/aromatic N) is 1. The topological polar surface area (TPSA) is 86.5 Å². The van der Waals surface area contributed by atoms with Gasteiger partial charge in [-0.3, -0.25) is 19.7 Å². The Hall–Kier alpha value is -2.21. The van der Waals surface area contributed by atoms with Crippen LogP contribution in [0, 0.1) is 10.1 Å². The van der Waals surface area contributed by atoms with E-state index in [0.29, 0.717) is 5.56 Å². The molecule has 1 aromatic rings. The van der Waals surface area contributed by atoms with E-state index in [4.69, 9.17) is 11.6 Å². The Morgan fingerprint density at radius 1 is 1.47 bits per heavy atom. The Bertz CT molecular complexity index is 553. The van der Waals surface area contributed by atoms with Gasteiger partial charge in [0.05, 0.1) is 12.0 Å². The number of methoxy groups -OCH3 is 1. The van der Waals surface area contributed by atoms with Crippen LogP contribution in [0.4, 0.5) is 5.69 Å². The van der Waals surface area contributed by atoms with Crippen molar-refractivity contribution in [2.45, 2.75) is 6.42 Å². The third-order valence-electron chi connectivity index (χ3n) is 2.17. The molecule has 0 atom stereocenters. The van der Waals surface area contributed by atoms with Crippen LogP contribution in [0.3, 0.4) is 0 Å². The lowest BCUT2D eigenvalue weighted by atomic mass is 10.1. The van der Waals surface area contributed by atoms with Gasteiger partial charge in [0.1, 0.15) is 11.4 Å². The van der Waals surface area contributed by atoms with E-state index in [0.717, 1.165) is 6.08 Å². The van der Waals surface area contributed by atoms with Gasteiger partial charge in [0, 0.05) is 6.07 Å². The molecule has 0 aliphatic heterocycles. The molecule has 0 saturated carbocycles. The number of rotatable bonds is 5. The van der Waals surface area contributed by atoms with Crippen molar-refractivity contribution in [1.82, 2.24) is 0 Å². The van der Waals surface area contributed by atoms with Gasteiger partial charge in [-0.1, -0.05) is 23.7 Å². The molecule has 0 N–H and O–H groups in total. The number of hydrogen-bond acceptors (Lipinski definition) is 5. The number of benzene rings is 1. The number of halogens is 1. The molecule has 0 amide bonds. The zero-order valence-corrected chi connectivity index (χ0v) is 10.7. The third-order valence-corrected chi connectivity index (χ3v) is 2.49. The van der Waals surface area contributed by atoms with Gasteiger partial charge in [-0.2, -0.15) is 0 Å². The summed E-state index contributed by atoms with van der Waals surface area (Å²) in [6.07, 6.45) is 2.15. The molecule has 0 saturated heterocycles. The number of hydrogen-bond donors (Lipinski definition) is 0. The fourth-order valence-corrected chi connectivity index (χ4v) is 1.42. The number of carbonyl (C=O) groups is 2. The lowest BCUT2D eigenvalue weighted by Gasteiger charge is -1.97. The summed E-state index contributed by atoms with van der Waals surface area (Å²) in [7, 11) is 1.18. The molecule has 0 aliphatic rings. The Morgan fingerprint density at radius 2 is 2.16 bits per heavy atom. The maximum atomic E-state index is 11.3. The average Bonchev–Trinajstić information content (AvgIpc) is 2.37. The number of esters is 1. The quantitative estimate of drug-likeness (QED) is 0.272. The van der Waals surface area contributed by atoms with Crippen LogP contribution in [0.2, 0.25) is 5.02 Å². The third kappa shape index (κ3) is 4.51. The molecule has 0 heterocycles. The second-order valence-corrected chi connectivity index (χ2v) is 3.93. The first-order chi connectivity index (χ1) is 8.93. The van der Waals surface area contributed by atoms with E-state index in [9.17, 15) is 19.7 Å². The highest BCUT2D eigenvalue weighted by molar-refractivity contribution is 6.32. The van der Waals surface area contributed by atoms with Gasteiger partial charge in [-0.25, -0.2) is 0 Å². The molecule has 0 bridgehead atoms. The van der Waals surface area contributed by atoms with E-state index < -0.39 is 16.7 Å². The van der Waals surface area contributed by atoms with Crippen molar-refractivity contribution in [1.29, 1.82) is 0 Å². The van der Waals surface area contributed by atoms with Gasteiger partial charge < -0.3 is 4.74 Å². The number of carbonyl (C=O) groups excluding carboxylic acids is 2. The van der Waals surface area contributed by atoms with E-state index in [1.165, 1.54) is 31.4 Å². The number of nitro groups is 1. The Morgan fingerprint density at radius 3 is 2.74 bits per heavy atom. The molecule has 0 aliphatic carbocycles. The Balaban J connectivity index is 2.82. The van der Waals surface area contributed by atoms with Crippen LogP contribution in [-0.4, -0.2) is 23.8 Å². The lowest BCUT2D eigenvalue weighted by molar-refractivity contribution is -0.384. The summed E-state index contributed by atoms with van der Waals surface area (Å²) in [6.45, 7) is 0. The van der Waals surface area contributed by atoms with Gasteiger partial charge in [-0.05, 0) is 17.7 Å². The van der Waals surface area contributed by atoms with E-state index in [1.807, 2.05) is 0 Å². The van der Waals surface area contributed by atoms with E-state index >= 15 is 0 Å². The average molecular weight is 284 g/mol. The molecule has 7 heteroatoms. The zero-order valence-electron chi connectivity index (χ0n) is 9.96. The normalized spacial score (nSPS) is 10.4. The van der Waals surface area contributed by atoms with Crippen molar-refractivity contribution in [3.8, 4) is 0 Å². The monoisotopic (exact) mass is 283 g/mol. The van der Waals surface area contributed by atoms with Gasteiger partial charge in [0.25, 0.3) is 5.69 Å². The molecule has 0 fully saturated rings. The van der Waals surface area contributed by atoms with Crippen LogP contribution in [0.25, 0.3) is 6.08 Å². The van der Waals surface area contributed by atoms with Crippen molar-refractivity contribution in [2.75, 3.05) is 7.11 Å². The molecule has 6 nitrogen and oxygen atoms in total. The SMILES string of the molecule is COC(=O)CC(=O)C=Cc1ccc(Cl)c([N+](=O)[O-])c1. The van der Waals surface area contributed by atoms with Crippen LogP contribution >= 0.6 is 11.6 Å². The molecule has 0 unspecified atom stereocenters. The molecular weight excluding hydrogens is 274 g/mol. The van der Waals surface area contributed by atoms with Gasteiger partial charge in [-0.15, -0.1) is 0 Å². The van der Waals surface area contributed by atoms with Crippen molar-refractivity contribution < 1.29 is 19.2 Å². The minimum atomic E-state index is -0.642. The highest BCUT2D eigenvalue weighted by Crippen LogP contribution is 2.25. The summed E-state index contributed by atoms with van der Waals surface area (Å²) in [5.41, 5.74) is 0.193. The van der Waals surface area contributed by atoms with Crippen LogP contribution < -0.4 is 0 Å². The number of allylic oxidation sites excluding steroid dienone is 1. The highest BCUT2D eigenvalue weighted by atomic mass is 35.5. The fourth-order valence-electron chi connectivity index (χ4n) is 1.24. The predicted molar refractivity (Wildman–Crippen MR) is 68.8 cm³/mol. The maximum Gasteiger partial charge on any atom is 0.313 e. The number of ketones is 1. The summed E-state index contributed by atoms with van der Waals surface area (Å²) < 4.78 is 4.34. The lowest BCUT2D eigenvalue weighted by Crippen LogP contribution is -2.06. The summed E-state index contributed by atoms with van der Waals surface area (Å²) >= 11 is 5.65. The molecule has 0 spiro atoms. The summed E-state index contributed by atoms with van der Waals surface area (Å²) in [5.74, 6) is -1.10.